The monoisotopic (exact) mass is 220 g/mol. The third-order valence-corrected chi connectivity index (χ3v) is 2.80. The molecule has 1 amide bonds. The quantitative estimate of drug-likeness (QED) is 0.768. The summed E-state index contributed by atoms with van der Waals surface area (Å²) >= 11 is 0. The second-order valence-corrected chi connectivity index (χ2v) is 4.33. The first-order valence-electron chi connectivity index (χ1n) is 5.46. The Kier molecular flexibility index (Phi) is 2.77. The molecule has 0 bridgehead atoms. The van der Waals surface area contributed by atoms with Crippen molar-refractivity contribution in [1.29, 1.82) is 0 Å². The zero-order valence-corrected chi connectivity index (χ0v) is 9.60. The van der Waals surface area contributed by atoms with E-state index in [0.717, 1.165) is 11.4 Å². The van der Waals surface area contributed by atoms with Crippen molar-refractivity contribution >= 4 is 5.91 Å². The second kappa shape index (κ2) is 4.08. The van der Waals surface area contributed by atoms with Gasteiger partial charge in [-0.05, 0) is 5.92 Å². The highest BCUT2D eigenvalue weighted by Gasteiger charge is 2.32. The molecule has 0 radical (unpaired) electrons. The highest BCUT2D eigenvalue weighted by molar-refractivity contribution is 5.81. The number of carbonyl (C=O) groups excluding carboxylic acids is 1. The molecule has 2 rings (SSSR count). The molecule has 1 N–H and O–H groups in total. The molecule has 2 heterocycles. The Morgan fingerprint density at radius 3 is 3.06 bits per heavy atom. The number of rotatable bonds is 3. The van der Waals surface area contributed by atoms with Crippen molar-refractivity contribution in [2.45, 2.75) is 32.9 Å². The molecule has 0 aliphatic carbocycles. The van der Waals surface area contributed by atoms with Crippen LogP contribution >= 0.6 is 0 Å². The van der Waals surface area contributed by atoms with Gasteiger partial charge < -0.3 is 5.32 Å². The van der Waals surface area contributed by atoms with Crippen LogP contribution in [0.25, 0.3) is 0 Å². The van der Waals surface area contributed by atoms with E-state index in [1.165, 1.54) is 0 Å². The van der Waals surface area contributed by atoms with Crippen molar-refractivity contribution in [3.05, 3.63) is 24.0 Å². The largest absolute Gasteiger partial charge is 0.349 e. The van der Waals surface area contributed by atoms with Crippen LogP contribution in [0.4, 0.5) is 0 Å². The second-order valence-electron chi connectivity index (χ2n) is 4.33. The van der Waals surface area contributed by atoms with Crippen LogP contribution in [0, 0.1) is 5.92 Å². The number of nitrogens with one attached hydrogen (secondary N) is 1. The molecular formula is C11H16N4O. The van der Waals surface area contributed by atoms with Gasteiger partial charge in [0.05, 0.1) is 17.9 Å². The Labute approximate surface area is 94.5 Å². The molecule has 1 aromatic rings. The Bertz CT molecular complexity index is 422. The summed E-state index contributed by atoms with van der Waals surface area (Å²) in [6.07, 6.45) is 2.49. The van der Waals surface area contributed by atoms with Gasteiger partial charge in [0, 0.05) is 6.42 Å². The third-order valence-electron chi connectivity index (χ3n) is 2.80. The summed E-state index contributed by atoms with van der Waals surface area (Å²) in [5.74, 6) is 0.231. The fourth-order valence-electron chi connectivity index (χ4n) is 2.02. The van der Waals surface area contributed by atoms with Gasteiger partial charge in [-0.15, -0.1) is 11.7 Å². The van der Waals surface area contributed by atoms with Crippen LogP contribution in [-0.2, 0) is 17.8 Å². The Balaban J connectivity index is 2.41. The highest BCUT2D eigenvalue weighted by Crippen LogP contribution is 2.24. The van der Waals surface area contributed by atoms with Gasteiger partial charge in [-0.2, -0.15) is 0 Å². The van der Waals surface area contributed by atoms with Crippen molar-refractivity contribution in [1.82, 2.24) is 20.3 Å². The molecule has 5 heteroatoms. The first-order valence-corrected chi connectivity index (χ1v) is 5.46. The van der Waals surface area contributed by atoms with Crippen molar-refractivity contribution in [3.63, 3.8) is 0 Å². The van der Waals surface area contributed by atoms with Crippen molar-refractivity contribution in [2.75, 3.05) is 0 Å². The molecule has 0 spiro atoms. The topological polar surface area (TPSA) is 59.8 Å². The summed E-state index contributed by atoms with van der Waals surface area (Å²) in [6.45, 7) is 8.22. The fourth-order valence-corrected chi connectivity index (χ4v) is 2.02. The van der Waals surface area contributed by atoms with E-state index in [0.29, 0.717) is 13.0 Å². The van der Waals surface area contributed by atoms with Crippen molar-refractivity contribution < 1.29 is 4.79 Å². The third kappa shape index (κ3) is 1.62. The lowest BCUT2D eigenvalue weighted by Crippen LogP contribution is -2.41. The van der Waals surface area contributed by atoms with Crippen LogP contribution in [0.3, 0.4) is 0 Å². The van der Waals surface area contributed by atoms with Crippen LogP contribution < -0.4 is 5.32 Å². The first kappa shape index (κ1) is 10.9. The van der Waals surface area contributed by atoms with Crippen LogP contribution in [0.5, 0.6) is 0 Å². The number of allylic oxidation sites excluding steroid dienone is 1. The van der Waals surface area contributed by atoms with Gasteiger partial charge in [-0.3, -0.25) is 4.79 Å². The molecule has 0 unspecified atom stereocenters. The standard InChI is InChI=1S/C11H16N4O/c1-4-5-8-9-6-12-11(16)10(7(2)3)15(9)14-13-8/h4,7,10H,1,5-6H2,2-3H3,(H,12,16)/t10-/m0/s1. The zero-order valence-electron chi connectivity index (χ0n) is 9.60. The fraction of sp³-hybridized carbons (Fsp3) is 0.545. The number of hydrogen-bond acceptors (Lipinski definition) is 3. The Morgan fingerprint density at radius 1 is 1.69 bits per heavy atom. The lowest BCUT2D eigenvalue weighted by atomic mass is 10.0. The number of amides is 1. The van der Waals surface area contributed by atoms with Gasteiger partial charge in [0.1, 0.15) is 6.04 Å². The van der Waals surface area contributed by atoms with Gasteiger partial charge >= 0.3 is 0 Å². The number of hydrogen-bond donors (Lipinski definition) is 1. The number of fused-ring (bicyclic) bond motifs is 1. The summed E-state index contributed by atoms with van der Waals surface area (Å²) in [5, 5.41) is 11.1. The molecule has 0 saturated heterocycles. The van der Waals surface area contributed by atoms with E-state index >= 15 is 0 Å². The molecule has 1 aliphatic heterocycles. The van der Waals surface area contributed by atoms with E-state index in [2.05, 4.69) is 22.2 Å². The number of nitrogens with zero attached hydrogens (tertiary/aromatic N) is 3. The van der Waals surface area contributed by atoms with E-state index in [1.54, 1.807) is 10.8 Å². The van der Waals surface area contributed by atoms with E-state index in [-0.39, 0.29) is 17.9 Å². The van der Waals surface area contributed by atoms with Crippen LogP contribution in [-0.4, -0.2) is 20.9 Å². The maximum absolute atomic E-state index is 11.7. The van der Waals surface area contributed by atoms with Gasteiger partial charge in [0.15, 0.2) is 0 Å². The molecular weight excluding hydrogens is 204 g/mol. The maximum atomic E-state index is 11.7. The van der Waals surface area contributed by atoms with E-state index in [4.69, 9.17) is 0 Å². The van der Waals surface area contributed by atoms with Gasteiger partial charge in [-0.25, -0.2) is 4.68 Å². The van der Waals surface area contributed by atoms with Gasteiger partial charge in [0.2, 0.25) is 5.91 Å². The summed E-state index contributed by atoms with van der Waals surface area (Å²) in [4.78, 5) is 11.7. The average molecular weight is 220 g/mol. The molecule has 1 atom stereocenters. The predicted octanol–water partition coefficient (Wildman–Crippen LogP) is 0.833. The normalized spacial score (nSPS) is 19.4. The molecule has 5 nitrogen and oxygen atoms in total. The first-order chi connectivity index (χ1) is 7.65. The van der Waals surface area contributed by atoms with E-state index in [9.17, 15) is 4.79 Å². The minimum Gasteiger partial charge on any atom is -0.349 e. The zero-order chi connectivity index (χ0) is 11.7. The Morgan fingerprint density at radius 2 is 2.44 bits per heavy atom. The predicted molar refractivity (Wildman–Crippen MR) is 59.6 cm³/mol. The molecule has 0 saturated carbocycles. The van der Waals surface area contributed by atoms with Crippen LogP contribution in [0.2, 0.25) is 0 Å². The van der Waals surface area contributed by atoms with Crippen LogP contribution in [0.15, 0.2) is 12.7 Å². The molecule has 86 valence electrons. The highest BCUT2D eigenvalue weighted by atomic mass is 16.2. The average Bonchev–Trinajstić information content (AvgIpc) is 2.61. The number of aromatic nitrogens is 3. The molecule has 0 fully saturated rings. The summed E-state index contributed by atoms with van der Waals surface area (Å²) in [6, 6.07) is -0.241. The van der Waals surface area contributed by atoms with Gasteiger partial charge in [-0.1, -0.05) is 25.1 Å². The lowest BCUT2D eigenvalue weighted by molar-refractivity contribution is -0.127. The maximum Gasteiger partial charge on any atom is 0.245 e. The van der Waals surface area contributed by atoms with E-state index < -0.39 is 0 Å². The molecule has 1 aromatic heterocycles. The molecule has 0 aromatic carbocycles. The molecule has 1 aliphatic rings. The minimum absolute atomic E-state index is 0.0255. The number of carbonyl (C=O) groups is 1. The van der Waals surface area contributed by atoms with Crippen molar-refractivity contribution in [3.8, 4) is 0 Å². The lowest BCUT2D eigenvalue weighted by Gasteiger charge is -2.26. The summed E-state index contributed by atoms with van der Waals surface area (Å²) in [5.41, 5.74) is 1.90. The van der Waals surface area contributed by atoms with Crippen molar-refractivity contribution in [2.24, 2.45) is 5.92 Å². The van der Waals surface area contributed by atoms with Gasteiger partial charge in [0.25, 0.3) is 0 Å². The summed E-state index contributed by atoms with van der Waals surface area (Å²) in [7, 11) is 0. The minimum atomic E-state index is -0.241. The SMILES string of the molecule is C=CCc1nnn2c1CNC(=O)[C@@H]2C(C)C. The van der Waals surface area contributed by atoms with E-state index in [1.807, 2.05) is 13.8 Å². The molecule has 16 heavy (non-hydrogen) atoms. The summed E-state index contributed by atoms with van der Waals surface area (Å²) < 4.78 is 1.75. The smallest absolute Gasteiger partial charge is 0.245 e. The van der Waals surface area contributed by atoms with Crippen LogP contribution in [0.1, 0.15) is 31.3 Å². The Hall–Kier alpha value is -1.65.